The SMILES string of the molecule is CC#C/C(=N\OCC1CN(C)CCN1C)C(C)C. The van der Waals surface area contributed by atoms with Crippen LogP contribution < -0.4 is 0 Å². The summed E-state index contributed by atoms with van der Waals surface area (Å²) in [4.78, 5) is 10.1. The van der Waals surface area contributed by atoms with Gasteiger partial charge in [0.1, 0.15) is 12.3 Å². The van der Waals surface area contributed by atoms with Gasteiger partial charge < -0.3 is 9.74 Å². The molecule has 0 aromatic rings. The maximum atomic E-state index is 5.48. The van der Waals surface area contributed by atoms with Crippen LogP contribution in [0.15, 0.2) is 5.16 Å². The molecule has 102 valence electrons. The molecule has 1 atom stereocenters. The van der Waals surface area contributed by atoms with E-state index in [1.165, 1.54) is 0 Å². The van der Waals surface area contributed by atoms with Gasteiger partial charge in [-0.05, 0) is 26.9 Å². The van der Waals surface area contributed by atoms with Crippen LogP contribution in [0.3, 0.4) is 0 Å². The van der Waals surface area contributed by atoms with Gasteiger partial charge in [0.05, 0.1) is 6.04 Å². The van der Waals surface area contributed by atoms with E-state index in [1.54, 1.807) is 0 Å². The van der Waals surface area contributed by atoms with E-state index in [9.17, 15) is 0 Å². The molecule has 1 unspecified atom stereocenters. The van der Waals surface area contributed by atoms with Crippen molar-refractivity contribution in [3.05, 3.63) is 0 Å². The molecule has 4 nitrogen and oxygen atoms in total. The summed E-state index contributed by atoms with van der Waals surface area (Å²) in [7, 11) is 4.28. The summed E-state index contributed by atoms with van der Waals surface area (Å²) in [6.07, 6.45) is 0. The molecular weight excluding hydrogens is 226 g/mol. The van der Waals surface area contributed by atoms with Crippen LogP contribution in [-0.4, -0.2) is 61.9 Å². The number of hydrogen-bond donors (Lipinski definition) is 0. The minimum Gasteiger partial charge on any atom is -0.393 e. The number of rotatable bonds is 4. The van der Waals surface area contributed by atoms with Crippen molar-refractivity contribution in [3.63, 3.8) is 0 Å². The Kier molecular flexibility index (Phi) is 6.17. The molecule has 0 amide bonds. The smallest absolute Gasteiger partial charge is 0.133 e. The Hall–Kier alpha value is -1.05. The third kappa shape index (κ3) is 4.67. The Morgan fingerprint density at radius 1 is 1.39 bits per heavy atom. The molecule has 0 spiro atoms. The van der Waals surface area contributed by atoms with Crippen molar-refractivity contribution < 1.29 is 4.84 Å². The molecule has 1 aliphatic heterocycles. The largest absolute Gasteiger partial charge is 0.393 e. The van der Waals surface area contributed by atoms with Crippen molar-refractivity contribution in [2.45, 2.75) is 26.8 Å². The second kappa shape index (κ2) is 7.40. The minimum atomic E-state index is 0.309. The molecule has 18 heavy (non-hydrogen) atoms. The van der Waals surface area contributed by atoms with Crippen molar-refractivity contribution in [3.8, 4) is 11.8 Å². The second-order valence-corrected chi connectivity index (χ2v) is 5.20. The van der Waals surface area contributed by atoms with E-state index < -0.39 is 0 Å². The topological polar surface area (TPSA) is 28.1 Å². The lowest BCUT2D eigenvalue weighted by Crippen LogP contribution is -2.51. The fraction of sp³-hybridized carbons (Fsp3) is 0.786. The van der Waals surface area contributed by atoms with E-state index in [-0.39, 0.29) is 0 Å². The molecule has 0 N–H and O–H groups in total. The van der Waals surface area contributed by atoms with E-state index in [1.807, 2.05) is 6.92 Å². The normalized spacial score (nSPS) is 22.8. The third-order valence-electron chi connectivity index (χ3n) is 3.21. The highest BCUT2D eigenvalue weighted by Crippen LogP contribution is 2.07. The maximum Gasteiger partial charge on any atom is 0.133 e. The lowest BCUT2D eigenvalue weighted by molar-refractivity contribution is 0.0320. The average Bonchev–Trinajstić information content (AvgIpc) is 2.32. The molecule has 0 saturated carbocycles. The first kappa shape index (κ1) is 15.0. The molecular formula is C14H25N3O. The summed E-state index contributed by atoms with van der Waals surface area (Å²) >= 11 is 0. The fourth-order valence-corrected chi connectivity index (χ4v) is 1.87. The van der Waals surface area contributed by atoms with Crippen LogP contribution in [0.2, 0.25) is 0 Å². The second-order valence-electron chi connectivity index (χ2n) is 5.20. The maximum absolute atomic E-state index is 5.48. The monoisotopic (exact) mass is 251 g/mol. The lowest BCUT2D eigenvalue weighted by Gasteiger charge is -2.36. The lowest BCUT2D eigenvalue weighted by atomic mass is 10.1. The van der Waals surface area contributed by atoms with Gasteiger partial charge in [0.2, 0.25) is 0 Å². The number of piperazine rings is 1. The predicted molar refractivity (Wildman–Crippen MR) is 75.6 cm³/mol. The van der Waals surface area contributed by atoms with Crippen LogP contribution in [0.1, 0.15) is 20.8 Å². The molecule has 1 aliphatic rings. The first-order valence-corrected chi connectivity index (χ1v) is 6.56. The Morgan fingerprint density at radius 3 is 2.72 bits per heavy atom. The van der Waals surface area contributed by atoms with Crippen molar-refractivity contribution >= 4 is 5.71 Å². The van der Waals surface area contributed by atoms with Gasteiger partial charge in [-0.1, -0.05) is 24.9 Å². The zero-order chi connectivity index (χ0) is 13.5. The van der Waals surface area contributed by atoms with Gasteiger partial charge >= 0.3 is 0 Å². The van der Waals surface area contributed by atoms with E-state index in [0.717, 1.165) is 25.3 Å². The van der Waals surface area contributed by atoms with Crippen molar-refractivity contribution in [1.82, 2.24) is 9.80 Å². The number of hydrogen-bond acceptors (Lipinski definition) is 4. The molecule has 0 radical (unpaired) electrons. The molecule has 4 heteroatoms. The molecule has 0 aromatic carbocycles. The fourth-order valence-electron chi connectivity index (χ4n) is 1.87. The molecule has 1 rings (SSSR count). The summed E-state index contributed by atoms with van der Waals surface area (Å²) in [5, 5.41) is 4.16. The van der Waals surface area contributed by atoms with Crippen LogP contribution in [0.25, 0.3) is 0 Å². The van der Waals surface area contributed by atoms with Gasteiger partial charge in [0.15, 0.2) is 0 Å². The van der Waals surface area contributed by atoms with Crippen LogP contribution in [0.4, 0.5) is 0 Å². The van der Waals surface area contributed by atoms with Crippen molar-refractivity contribution in [1.29, 1.82) is 0 Å². The Morgan fingerprint density at radius 2 is 2.11 bits per heavy atom. The van der Waals surface area contributed by atoms with Gasteiger partial charge in [0.25, 0.3) is 0 Å². The van der Waals surface area contributed by atoms with Gasteiger partial charge in [-0.15, -0.1) is 0 Å². The molecule has 1 saturated heterocycles. The van der Waals surface area contributed by atoms with Crippen LogP contribution in [-0.2, 0) is 4.84 Å². The zero-order valence-electron chi connectivity index (χ0n) is 12.2. The van der Waals surface area contributed by atoms with Crippen molar-refractivity contribution in [2.24, 2.45) is 11.1 Å². The van der Waals surface area contributed by atoms with Gasteiger partial charge in [-0.3, -0.25) is 4.90 Å². The van der Waals surface area contributed by atoms with E-state index in [4.69, 9.17) is 4.84 Å². The van der Waals surface area contributed by atoms with Crippen LogP contribution in [0.5, 0.6) is 0 Å². The number of likely N-dealkylation sites (N-methyl/N-ethyl adjacent to an activating group) is 2. The highest BCUT2D eigenvalue weighted by atomic mass is 16.6. The quantitative estimate of drug-likeness (QED) is 0.428. The molecule has 0 aromatic heterocycles. The van der Waals surface area contributed by atoms with E-state index in [2.05, 4.69) is 54.7 Å². The minimum absolute atomic E-state index is 0.309. The van der Waals surface area contributed by atoms with Crippen LogP contribution in [0, 0.1) is 17.8 Å². The predicted octanol–water partition coefficient (Wildman–Crippen LogP) is 1.28. The number of nitrogens with zero attached hydrogens (tertiary/aromatic N) is 3. The third-order valence-corrected chi connectivity index (χ3v) is 3.21. The highest BCUT2D eigenvalue weighted by Gasteiger charge is 2.22. The summed E-state index contributed by atoms with van der Waals surface area (Å²) in [5.74, 6) is 6.17. The van der Waals surface area contributed by atoms with Gasteiger partial charge in [-0.2, -0.15) is 0 Å². The van der Waals surface area contributed by atoms with Gasteiger partial charge in [0, 0.05) is 25.6 Å². The Labute approximate surface area is 111 Å². The van der Waals surface area contributed by atoms with Crippen LogP contribution >= 0.6 is 0 Å². The summed E-state index contributed by atoms with van der Waals surface area (Å²) in [6, 6.07) is 0.412. The zero-order valence-corrected chi connectivity index (χ0v) is 12.2. The standard InChI is InChI=1S/C14H25N3O/c1-6-7-14(12(2)3)15-18-11-13-10-16(4)8-9-17(13)5/h12-13H,8-11H2,1-5H3/b15-14+. The molecule has 0 bridgehead atoms. The first-order chi connectivity index (χ1) is 8.54. The average molecular weight is 251 g/mol. The highest BCUT2D eigenvalue weighted by molar-refractivity contribution is 6.01. The van der Waals surface area contributed by atoms with Crippen molar-refractivity contribution in [2.75, 3.05) is 40.3 Å². The Bertz CT molecular complexity index is 341. The van der Waals surface area contributed by atoms with Gasteiger partial charge in [-0.25, -0.2) is 0 Å². The first-order valence-electron chi connectivity index (χ1n) is 6.56. The Balaban J connectivity index is 2.47. The summed E-state index contributed by atoms with van der Waals surface area (Å²) in [5.41, 5.74) is 0.823. The van der Waals surface area contributed by atoms with E-state index in [0.29, 0.717) is 18.6 Å². The number of oxime groups is 1. The van der Waals surface area contributed by atoms with E-state index >= 15 is 0 Å². The molecule has 1 heterocycles. The molecule has 0 aliphatic carbocycles. The summed E-state index contributed by atoms with van der Waals surface area (Å²) < 4.78 is 0. The summed E-state index contributed by atoms with van der Waals surface area (Å²) in [6.45, 7) is 9.83. The molecule has 1 fully saturated rings.